The standard InChI is InChI=1S/C16H21NO5/c1-3-17(11-10-16(20)21)15(19)9-8-14(18)12-4-6-13(22-2)7-5-12/h4-7H,3,8-11H2,1-2H3,(H,20,21). The van der Waals surface area contributed by atoms with Crippen LogP contribution in [0.15, 0.2) is 24.3 Å². The monoisotopic (exact) mass is 307 g/mol. The van der Waals surface area contributed by atoms with Gasteiger partial charge in [0, 0.05) is 31.5 Å². The van der Waals surface area contributed by atoms with Gasteiger partial charge in [0.2, 0.25) is 5.91 Å². The summed E-state index contributed by atoms with van der Waals surface area (Å²) in [4.78, 5) is 36.0. The molecule has 0 spiro atoms. The summed E-state index contributed by atoms with van der Waals surface area (Å²) in [6.07, 6.45) is 0.0963. The van der Waals surface area contributed by atoms with E-state index in [1.54, 1.807) is 38.3 Å². The van der Waals surface area contributed by atoms with Gasteiger partial charge in [-0.25, -0.2) is 0 Å². The van der Waals surface area contributed by atoms with E-state index in [0.29, 0.717) is 17.9 Å². The highest BCUT2D eigenvalue weighted by molar-refractivity contribution is 5.98. The number of carbonyl (C=O) groups is 3. The second-order valence-corrected chi connectivity index (χ2v) is 4.77. The fourth-order valence-corrected chi connectivity index (χ4v) is 1.99. The first kappa shape index (κ1) is 17.7. The number of ether oxygens (including phenoxy) is 1. The smallest absolute Gasteiger partial charge is 0.305 e. The van der Waals surface area contributed by atoms with Crippen LogP contribution in [0.4, 0.5) is 0 Å². The zero-order chi connectivity index (χ0) is 16.5. The van der Waals surface area contributed by atoms with Gasteiger partial charge in [-0.1, -0.05) is 0 Å². The van der Waals surface area contributed by atoms with Crippen molar-refractivity contribution in [3.63, 3.8) is 0 Å². The molecule has 0 saturated carbocycles. The predicted molar refractivity (Wildman–Crippen MR) is 81.1 cm³/mol. The highest BCUT2D eigenvalue weighted by atomic mass is 16.5. The maximum Gasteiger partial charge on any atom is 0.305 e. The van der Waals surface area contributed by atoms with Gasteiger partial charge in [0.05, 0.1) is 13.5 Å². The fourth-order valence-electron chi connectivity index (χ4n) is 1.99. The Morgan fingerprint density at radius 3 is 2.23 bits per heavy atom. The molecule has 0 aliphatic rings. The Balaban J connectivity index is 2.50. The highest BCUT2D eigenvalue weighted by Crippen LogP contribution is 2.13. The molecule has 120 valence electrons. The van der Waals surface area contributed by atoms with Crippen molar-refractivity contribution in [3.05, 3.63) is 29.8 Å². The van der Waals surface area contributed by atoms with E-state index >= 15 is 0 Å². The maximum atomic E-state index is 12.0. The number of carboxylic acid groups (broad SMARTS) is 1. The number of rotatable bonds is 9. The van der Waals surface area contributed by atoms with Crippen LogP contribution in [-0.4, -0.2) is 47.9 Å². The molecule has 0 unspecified atom stereocenters. The van der Waals surface area contributed by atoms with Gasteiger partial charge in [0.1, 0.15) is 5.75 Å². The minimum atomic E-state index is -0.944. The Morgan fingerprint density at radius 1 is 1.09 bits per heavy atom. The highest BCUT2D eigenvalue weighted by Gasteiger charge is 2.15. The van der Waals surface area contributed by atoms with Gasteiger partial charge in [0.15, 0.2) is 5.78 Å². The molecule has 0 bridgehead atoms. The molecule has 1 aromatic rings. The normalized spacial score (nSPS) is 10.1. The van der Waals surface area contributed by atoms with Gasteiger partial charge in [-0.2, -0.15) is 0 Å². The number of amides is 1. The van der Waals surface area contributed by atoms with Crippen LogP contribution in [0.1, 0.15) is 36.5 Å². The zero-order valence-electron chi connectivity index (χ0n) is 12.9. The molecule has 1 aromatic carbocycles. The summed E-state index contributed by atoms with van der Waals surface area (Å²) in [6.45, 7) is 2.38. The van der Waals surface area contributed by atoms with E-state index in [1.165, 1.54) is 4.90 Å². The van der Waals surface area contributed by atoms with Crippen molar-refractivity contribution in [2.45, 2.75) is 26.2 Å². The van der Waals surface area contributed by atoms with Crippen molar-refractivity contribution < 1.29 is 24.2 Å². The van der Waals surface area contributed by atoms with Crippen molar-refractivity contribution in [1.82, 2.24) is 4.90 Å². The molecule has 0 aliphatic carbocycles. The molecule has 22 heavy (non-hydrogen) atoms. The lowest BCUT2D eigenvalue weighted by Crippen LogP contribution is -2.33. The Hall–Kier alpha value is -2.37. The summed E-state index contributed by atoms with van der Waals surface area (Å²) >= 11 is 0. The van der Waals surface area contributed by atoms with Crippen LogP contribution < -0.4 is 4.74 Å². The van der Waals surface area contributed by atoms with Crippen molar-refractivity contribution >= 4 is 17.7 Å². The zero-order valence-corrected chi connectivity index (χ0v) is 12.9. The minimum Gasteiger partial charge on any atom is -0.497 e. The van der Waals surface area contributed by atoms with Crippen LogP contribution in [-0.2, 0) is 9.59 Å². The number of nitrogens with zero attached hydrogens (tertiary/aromatic N) is 1. The molecule has 0 radical (unpaired) electrons. The summed E-state index contributed by atoms with van der Waals surface area (Å²) in [7, 11) is 1.55. The summed E-state index contributed by atoms with van der Waals surface area (Å²) in [5.74, 6) is -0.602. The predicted octanol–water partition coefficient (Wildman–Crippen LogP) is 1.98. The fraction of sp³-hybridized carbons (Fsp3) is 0.438. The van der Waals surface area contributed by atoms with Crippen LogP contribution in [0.5, 0.6) is 5.75 Å². The van der Waals surface area contributed by atoms with E-state index in [0.717, 1.165) is 0 Å². The topological polar surface area (TPSA) is 83.9 Å². The van der Waals surface area contributed by atoms with E-state index in [-0.39, 0.29) is 37.5 Å². The number of hydrogen-bond donors (Lipinski definition) is 1. The van der Waals surface area contributed by atoms with Gasteiger partial charge >= 0.3 is 5.97 Å². The molecule has 0 heterocycles. The molecule has 6 heteroatoms. The van der Waals surface area contributed by atoms with Crippen LogP contribution in [0.25, 0.3) is 0 Å². The number of aliphatic carboxylic acids is 1. The van der Waals surface area contributed by atoms with Gasteiger partial charge in [-0.05, 0) is 31.2 Å². The quantitative estimate of drug-likeness (QED) is 0.705. The van der Waals surface area contributed by atoms with Crippen LogP contribution in [0, 0.1) is 0 Å². The van der Waals surface area contributed by atoms with E-state index in [9.17, 15) is 14.4 Å². The molecule has 0 aromatic heterocycles. The van der Waals surface area contributed by atoms with Gasteiger partial charge < -0.3 is 14.7 Å². The third kappa shape index (κ3) is 5.55. The van der Waals surface area contributed by atoms with E-state index < -0.39 is 5.97 Å². The lowest BCUT2D eigenvalue weighted by molar-refractivity contribution is -0.138. The molecule has 0 aliphatic heterocycles. The van der Waals surface area contributed by atoms with Gasteiger partial charge in [0.25, 0.3) is 0 Å². The van der Waals surface area contributed by atoms with E-state index in [1.807, 2.05) is 0 Å². The lowest BCUT2D eigenvalue weighted by Gasteiger charge is -2.19. The summed E-state index contributed by atoms with van der Waals surface area (Å²) in [5, 5.41) is 8.65. The first-order chi connectivity index (χ1) is 10.5. The van der Waals surface area contributed by atoms with Gasteiger partial charge in [-0.15, -0.1) is 0 Å². The third-order valence-corrected chi connectivity index (χ3v) is 3.31. The van der Waals surface area contributed by atoms with E-state index in [2.05, 4.69) is 0 Å². The van der Waals surface area contributed by atoms with Crippen molar-refractivity contribution in [2.24, 2.45) is 0 Å². The molecule has 1 amide bonds. The first-order valence-electron chi connectivity index (χ1n) is 7.14. The largest absolute Gasteiger partial charge is 0.497 e. The number of carbonyl (C=O) groups excluding carboxylic acids is 2. The average Bonchev–Trinajstić information content (AvgIpc) is 2.52. The number of methoxy groups -OCH3 is 1. The number of benzene rings is 1. The number of hydrogen-bond acceptors (Lipinski definition) is 4. The van der Waals surface area contributed by atoms with Crippen LogP contribution in [0.3, 0.4) is 0 Å². The van der Waals surface area contributed by atoms with Crippen molar-refractivity contribution in [3.8, 4) is 5.75 Å². The molecule has 1 rings (SSSR count). The molecule has 6 nitrogen and oxygen atoms in total. The molecular formula is C16H21NO5. The summed E-state index contributed by atoms with van der Waals surface area (Å²) < 4.78 is 5.02. The van der Waals surface area contributed by atoms with Crippen molar-refractivity contribution in [1.29, 1.82) is 0 Å². The maximum absolute atomic E-state index is 12.0. The van der Waals surface area contributed by atoms with Gasteiger partial charge in [-0.3, -0.25) is 14.4 Å². The Kier molecular flexibility index (Phi) is 7.08. The number of carboxylic acids is 1. The number of ketones is 1. The SMILES string of the molecule is CCN(CCC(=O)O)C(=O)CCC(=O)c1ccc(OC)cc1. The summed E-state index contributed by atoms with van der Waals surface area (Å²) in [6, 6.07) is 6.71. The molecule has 0 saturated heterocycles. The molecule has 0 atom stereocenters. The Labute approximate surface area is 129 Å². The molecule has 1 N–H and O–H groups in total. The Morgan fingerprint density at radius 2 is 1.73 bits per heavy atom. The molecule has 0 fully saturated rings. The second-order valence-electron chi connectivity index (χ2n) is 4.77. The van der Waals surface area contributed by atoms with Crippen LogP contribution in [0.2, 0.25) is 0 Å². The average molecular weight is 307 g/mol. The lowest BCUT2D eigenvalue weighted by atomic mass is 10.1. The summed E-state index contributed by atoms with van der Waals surface area (Å²) in [5.41, 5.74) is 0.530. The minimum absolute atomic E-state index is 0.0817. The number of Topliss-reactive ketones (excluding diaryl/α,β-unsaturated/α-hetero) is 1. The van der Waals surface area contributed by atoms with Crippen LogP contribution >= 0.6 is 0 Å². The van der Waals surface area contributed by atoms with Crippen molar-refractivity contribution in [2.75, 3.05) is 20.2 Å². The molecular weight excluding hydrogens is 286 g/mol. The second kappa shape index (κ2) is 8.81. The van der Waals surface area contributed by atoms with E-state index in [4.69, 9.17) is 9.84 Å². The first-order valence-corrected chi connectivity index (χ1v) is 7.14. The third-order valence-electron chi connectivity index (χ3n) is 3.31. The Bertz CT molecular complexity index is 524.